The van der Waals surface area contributed by atoms with Crippen LogP contribution < -0.4 is 4.90 Å². The van der Waals surface area contributed by atoms with E-state index >= 15 is 0 Å². The molecule has 0 saturated heterocycles. The average Bonchev–Trinajstić information content (AvgIpc) is 3.31. The summed E-state index contributed by atoms with van der Waals surface area (Å²) < 4.78 is 0. The van der Waals surface area contributed by atoms with Gasteiger partial charge in [-0.2, -0.15) is 0 Å². The molecule has 0 radical (unpaired) electrons. The summed E-state index contributed by atoms with van der Waals surface area (Å²) >= 11 is 0. The van der Waals surface area contributed by atoms with Crippen molar-refractivity contribution >= 4 is 27.8 Å². The van der Waals surface area contributed by atoms with Crippen LogP contribution in [0.15, 0.2) is 224 Å². The molecule has 0 atom stereocenters. The quantitative estimate of drug-likeness (QED) is 0.150. The third-order valence-electron chi connectivity index (χ3n) is 10.1. The summed E-state index contributed by atoms with van der Waals surface area (Å²) in [4.78, 5) is 2.35. The molecule has 0 aromatic heterocycles. The fraction of sp³-hybridized carbons (Fsp3) is 0.0714. The van der Waals surface area contributed by atoms with Crippen molar-refractivity contribution in [1.82, 2.24) is 0 Å². The normalized spacial score (nSPS) is 10.5. The lowest BCUT2D eigenvalue weighted by Crippen LogP contribution is -2.09. The molecule has 0 unspecified atom stereocenters. The first-order valence-electron chi connectivity index (χ1n) is 20.2. The van der Waals surface area contributed by atoms with E-state index in [1.54, 1.807) is 0 Å². The molecule has 0 amide bonds. The predicted octanol–water partition coefficient (Wildman–Crippen LogP) is 16.7. The first kappa shape index (κ1) is 38.3. The smallest absolute Gasteiger partial charge is 0.0462 e. The van der Waals surface area contributed by atoms with Gasteiger partial charge in [0.1, 0.15) is 0 Å². The van der Waals surface area contributed by atoms with Gasteiger partial charge < -0.3 is 4.90 Å². The van der Waals surface area contributed by atoms with Crippen molar-refractivity contribution in [3.8, 4) is 55.6 Å². The molecule has 0 aliphatic heterocycles. The van der Waals surface area contributed by atoms with Gasteiger partial charge in [0.05, 0.1) is 0 Å². The van der Waals surface area contributed by atoms with E-state index in [2.05, 4.69) is 229 Å². The fourth-order valence-electron chi connectivity index (χ4n) is 7.34. The van der Waals surface area contributed by atoms with E-state index in [1.807, 2.05) is 27.7 Å². The first-order valence-corrected chi connectivity index (χ1v) is 20.2. The molecule has 0 heterocycles. The van der Waals surface area contributed by atoms with Gasteiger partial charge in [0.15, 0.2) is 0 Å². The molecule has 0 aliphatic carbocycles. The van der Waals surface area contributed by atoms with Crippen molar-refractivity contribution in [1.29, 1.82) is 0 Å². The monoisotopic (exact) mass is 735 g/mol. The molecule has 9 aromatic rings. The van der Waals surface area contributed by atoms with E-state index < -0.39 is 0 Å². The van der Waals surface area contributed by atoms with Gasteiger partial charge in [-0.25, -0.2) is 0 Å². The minimum absolute atomic E-state index is 1.10. The molecule has 0 saturated carbocycles. The zero-order valence-electron chi connectivity index (χ0n) is 33.3. The van der Waals surface area contributed by atoms with E-state index in [0.717, 1.165) is 17.1 Å². The Labute approximate surface area is 339 Å². The van der Waals surface area contributed by atoms with Crippen LogP contribution in [-0.4, -0.2) is 0 Å². The van der Waals surface area contributed by atoms with Crippen molar-refractivity contribution in [3.63, 3.8) is 0 Å². The number of rotatable bonds is 8. The SMILES string of the molecule is CC.CC.c1ccc(-c2cccc(-c3ccc(N(c4ccc(-c5cccc(-c6ccccc6)c5)cc4)c4ccc(-c5cccc6ccccc56)cc4)cc3)c2)cc1. The summed E-state index contributed by atoms with van der Waals surface area (Å²) in [5.41, 5.74) is 15.4. The zero-order chi connectivity index (χ0) is 39.4. The summed E-state index contributed by atoms with van der Waals surface area (Å²) in [5, 5.41) is 2.51. The molecule has 0 bridgehead atoms. The minimum atomic E-state index is 1.10. The molecule has 57 heavy (non-hydrogen) atoms. The third kappa shape index (κ3) is 8.64. The summed E-state index contributed by atoms with van der Waals surface area (Å²) in [7, 11) is 0. The second kappa shape index (κ2) is 18.6. The van der Waals surface area contributed by atoms with Crippen molar-refractivity contribution in [2.75, 3.05) is 4.90 Å². The van der Waals surface area contributed by atoms with Crippen molar-refractivity contribution in [2.24, 2.45) is 0 Å². The second-order valence-electron chi connectivity index (χ2n) is 13.4. The lowest BCUT2D eigenvalue weighted by atomic mass is 9.97. The highest BCUT2D eigenvalue weighted by molar-refractivity contribution is 5.97. The number of anilines is 3. The van der Waals surface area contributed by atoms with Crippen LogP contribution in [-0.2, 0) is 0 Å². The number of hydrogen-bond acceptors (Lipinski definition) is 1. The zero-order valence-corrected chi connectivity index (χ0v) is 33.3. The van der Waals surface area contributed by atoms with E-state index in [4.69, 9.17) is 0 Å². The lowest BCUT2D eigenvalue weighted by Gasteiger charge is -2.26. The molecule has 9 aromatic carbocycles. The van der Waals surface area contributed by atoms with Crippen LogP contribution >= 0.6 is 0 Å². The molecule has 1 nitrogen and oxygen atoms in total. The van der Waals surface area contributed by atoms with Crippen LogP contribution in [0.25, 0.3) is 66.4 Å². The molecule has 0 spiro atoms. The van der Waals surface area contributed by atoms with Crippen LogP contribution in [0.1, 0.15) is 27.7 Å². The highest BCUT2D eigenvalue weighted by atomic mass is 15.1. The Balaban J connectivity index is 0.00000120. The third-order valence-corrected chi connectivity index (χ3v) is 10.1. The Kier molecular flexibility index (Phi) is 12.5. The highest BCUT2D eigenvalue weighted by Crippen LogP contribution is 2.39. The van der Waals surface area contributed by atoms with E-state index in [0.29, 0.717) is 0 Å². The maximum absolute atomic E-state index is 2.35. The predicted molar refractivity (Wildman–Crippen MR) is 249 cm³/mol. The van der Waals surface area contributed by atoms with Crippen molar-refractivity contribution < 1.29 is 0 Å². The molecule has 0 N–H and O–H groups in total. The molecule has 1 heteroatoms. The summed E-state index contributed by atoms with van der Waals surface area (Å²) in [6.45, 7) is 8.00. The summed E-state index contributed by atoms with van der Waals surface area (Å²) in [5.74, 6) is 0. The highest BCUT2D eigenvalue weighted by Gasteiger charge is 2.15. The number of nitrogens with zero attached hydrogens (tertiary/aromatic N) is 1. The first-order chi connectivity index (χ1) is 28.3. The van der Waals surface area contributed by atoms with Gasteiger partial charge >= 0.3 is 0 Å². The average molecular weight is 736 g/mol. The van der Waals surface area contributed by atoms with Crippen molar-refractivity contribution in [2.45, 2.75) is 27.7 Å². The molecule has 0 aliphatic rings. The minimum Gasteiger partial charge on any atom is -0.311 e. The maximum atomic E-state index is 2.35. The van der Waals surface area contributed by atoms with Gasteiger partial charge in [0, 0.05) is 17.1 Å². The van der Waals surface area contributed by atoms with E-state index in [9.17, 15) is 0 Å². The largest absolute Gasteiger partial charge is 0.311 e. The van der Waals surface area contributed by atoms with Gasteiger partial charge in [-0.1, -0.05) is 204 Å². The molecular formula is C56H49N. The number of fused-ring (bicyclic) bond motifs is 1. The molecular weight excluding hydrogens is 687 g/mol. The number of benzene rings is 9. The van der Waals surface area contributed by atoms with E-state index in [-0.39, 0.29) is 0 Å². The van der Waals surface area contributed by atoms with Crippen molar-refractivity contribution in [3.05, 3.63) is 224 Å². The maximum Gasteiger partial charge on any atom is 0.0462 e. The fourth-order valence-corrected chi connectivity index (χ4v) is 7.34. The van der Waals surface area contributed by atoms with Gasteiger partial charge in [-0.15, -0.1) is 0 Å². The van der Waals surface area contributed by atoms with Gasteiger partial charge in [0.25, 0.3) is 0 Å². The van der Waals surface area contributed by atoms with Gasteiger partial charge in [-0.05, 0) is 115 Å². The summed E-state index contributed by atoms with van der Waals surface area (Å²) in [6.07, 6.45) is 0. The molecule has 0 fully saturated rings. The Morgan fingerprint density at radius 1 is 0.246 bits per heavy atom. The Morgan fingerprint density at radius 2 is 0.561 bits per heavy atom. The van der Waals surface area contributed by atoms with Crippen LogP contribution in [0.5, 0.6) is 0 Å². The van der Waals surface area contributed by atoms with Crippen LogP contribution in [0.2, 0.25) is 0 Å². The standard InChI is InChI=1S/C52H37N.2C2H6/c1-3-12-38(13-4-1)44-18-9-20-46(36-44)40-24-30-48(31-25-40)53(50-34-28-43(29-35-50)52-23-11-17-42-16-7-8-22-51(42)52)49-32-26-41(27-33-49)47-21-10-19-45(37-47)39-14-5-2-6-15-39;2*1-2/h1-37H;2*1-2H3. The lowest BCUT2D eigenvalue weighted by molar-refractivity contribution is 1.28. The van der Waals surface area contributed by atoms with Crippen LogP contribution in [0.4, 0.5) is 17.1 Å². The number of hydrogen-bond donors (Lipinski definition) is 0. The Hall–Kier alpha value is -6.96. The topological polar surface area (TPSA) is 3.24 Å². The van der Waals surface area contributed by atoms with Crippen LogP contribution in [0.3, 0.4) is 0 Å². The van der Waals surface area contributed by atoms with Gasteiger partial charge in [0.2, 0.25) is 0 Å². The molecule has 9 rings (SSSR count). The van der Waals surface area contributed by atoms with E-state index in [1.165, 1.54) is 66.4 Å². The van der Waals surface area contributed by atoms with Gasteiger partial charge in [-0.3, -0.25) is 0 Å². The second-order valence-corrected chi connectivity index (χ2v) is 13.4. The summed E-state index contributed by atoms with van der Waals surface area (Å²) in [6, 6.07) is 80.7. The van der Waals surface area contributed by atoms with Crippen LogP contribution in [0, 0.1) is 0 Å². The Bertz CT molecular complexity index is 2490. The molecule has 278 valence electrons. The Morgan fingerprint density at radius 3 is 1.00 bits per heavy atom.